The van der Waals surface area contributed by atoms with Crippen LogP contribution in [0.5, 0.6) is 0 Å². The molecule has 2 rings (SSSR count). The number of nitrogens with one attached hydrogen (secondary N) is 1. The van der Waals surface area contributed by atoms with Crippen molar-refractivity contribution in [3.05, 3.63) is 58.4 Å². The van der Waals surface area contributed by atoms with Gasteiger partial charge in [-0.2, -0.15) is 0 Å². The van der Waals surface area contributed by atoms with Crippen molar-refractivity contribution in [1.29, 1.82) is 0 Å². The lowest BCUT2D eigenvalue weighted by Crippen LogP contribution is -2.31. The van der Waals surface area contributed by atoms with Crippen LogP contribution in [-0.2, 0) is 26.2 Å². The molecule has 174 valence electrons. The third-order valence-corrected chi connectivity index (χ3v) is 5.37. The Morgan fingerprint density at radius 2 is 1.72 bits per heavy atom. The van der Waals surface area contributed by atoms with Gasteiger partial charge in [0.05, 0.1) is 0 Å². The minimum atomic E-state index is -0.660. The largest absolute Gasteiger partial charge is 0.456 e. The maximum Gasteiger partial charge on any atom is 0.325 e. The molecule has 0 aliphatic heterocycles. The molecule has 32 heavy (non-hydrogen) atoms. The summed E-state index contributed by atoms with van der Waals surface area (Å²) in [5, 5.41) is 2.53. The van der Waals surface area contributed by atoms with E-state index in [1.54, 1.807) is 25.3 Å². The zero-order valence-electron chi connectivity index (χ0n) is 19.9. The SMILES string of the molecule is COCCCn1c(C)cc(C(=O)COC(=O)CNC(=O)c2ccc(C(C)(C)C)cc2)c1C. The van der Waals surface area contributed by atoms with E-state index in [0.717, 1.165) is 29.9 Å². The van der Waals surface area contributed by atoms with Crippen LogP contribution in [0.25, 0.3) is 0 Å². The standard InChI is InChI=1S/C25H34N2O5/c1-17-14-21(18(2)27(17)12-7-13-31-6)22(28)16-32-23(29)15-26-24(30)19-8-10-20(11-9-19)25(3,4)5/h8-11,14H,7,12-13,15-16H2,1-6H3,(H,26,30). The van der Waals surface area contributed by atoms with Crippen LogP contribution in [0.15, 0.2) is 30.3 Å². The molecule has 1 aromatic heterocycles. The summed E-state index contributed by atoms with van der Waals surface area (Å²) in [7, 11) is 1.66. The number of esters is 1. The Morgan fingerprint density at radius 3 is 2.31 bits per heavy atom. The van der Waals surface area contributed by atoms with Gasteiger partial charge in [-0.15, -0.1) is 0 Å². The van der Waals surface area contributed by atoms with E-state index >= 15 is 0 Å². The number of ketones is 1. The van der Waals surface area contributed by atoms with E-state index in [1.165, 1.54) is 0 Å². The summed E-state index contributed by atoms with van der Waals surface area (Å²) in [4.78, 5) is 36.8. The normalized spacial score (nSPS) is 11.3. The highest BCUT2D eigenvalue weighted by Crippen LogP contribution is 2.22. The predicted octanol–water partition coefficient (Wildman–Crippen LogP) is 3.59. The van der Waals surface area contributed by atoms with Crippen molar-refractivity contribution in [1.82, 2.24) is 9.88 Å². The highest BCUT2D eigenvalue weighted by molar-refractivity contribution is 6.00. The van der Waals surface area contributed by atoms with E-state index in [-0.39, 0.29) is 30.3 Å². The number of hydrogen-bond acceptors (Lipinski definition) is 5. The molecule has 2 aromatic rings. The summed E-state index contributed by atoms with van der Waals surface area (Å²) in [5.41, 5.74) is 3.92. The van der Waals surface area contributed by atoms with Crippen LogP contribution >= 0.6 is 0 Å². The Kier molecular flexibility index (Phi) is 8.78. The third-order valence-electron chi connectivity index (χ3n) is 5.37. The molecule has 1 amide bonds. The van der Waals surface area contributed by atoms with Crippen molar-refractivity contribution in [2.24, 2.45) is 0 Å². The predicted molar refractivity (Wildman–Crippen MR) is 123 cm³/mol. The number of nitrogens with zero attached hydrogens (tertiary/aromatic N) is 1. The van der Waals surface area contributed by atoms with Crippen molar-refractivity contribution in [3.8, 4) is 0 Å². The summed E-state index contributed by atoms with van der Waals surface area (Å²) >= 11 is 0. The topological polar surface area (TPSA) is 86.6 Å². The molecule has 7 heteroatoms. The van der Waals surface area contributed by atoms with Gasteiger partial charge in [-0.25, -0.2) is 0 Å². The summed E-state index contributed by atoms with van der Waals surface area (Å²) in [6, 6.07) is 9.07. The first kappa shape index (κ1) is 25.3. The molecule has 0 aliphatic rings. The van der Waals surface area contributed by atoms with Crippen molar-refractivity contribution in [2.45, 2.75) is 53.0 Å². The Balaban J connectivity index is 1.84. The summed E-state index contributed by atoms with van der Waals surface area (Å²) < 4.78 is 12.2. The number of Topliss-reactive ketones (excluding diaryl/α,β-unsaturated/α-hetero) is 1. The van der Waals surface area contributed by atoms with Crippen LogP contribution < -0.4 is 5.32 Å². The van der Waals surface area contributed by atoms with Crippen molar-refractivity contribution in [3.63, 3.8) is 0 Å². The van der Waals surface area contributed by atoms with Gasteiger partial charge < -0.3 is 19.4 Å². The van der Waals surface area contributed by atoms with Crippen molar-refractivity contribution >= 4 is 17.7 Å². The monoisotopic (exact) mass is 442 g/mol. The van der Waals surface area contributed by atoms with Crippen LogP contribution in [0, 0.1) is 13.8 Å². The Hall–Kier alpha value is -2.93. The number of amides is 1. The molecule has 0 bridgehead atoms. The number of aryl methyl sites for hydroxylation is 1. The number of methoxy groups -OCH3 is 1. The second kappa shape index (κ2) is 11.1. The van der Waals surface area contributed by atoms with Gasteiger partial charge in [0.1, 0.15) is 6.54 Å². The molecular formula is C25H34N2O5. The molecule has 0 aliphatic carbocycles. The van der Waals surface area contributed by atoms with E-state index in [4.69, 9.17) is 9.47 Å². The van der Waals surface area contributed by atoms with Crippen LogP contribution in [0.1, 0.15) is 64.9 Å². The van der Waals surface area contributed by atoms with Crippen LogP contribution in [0.4, 0.5) is 0 Å². The van der Waals surface area contributed by atoms with E-state index in [1.807, 2.05) is 26.0 Å². The molecule has 0 atom stereocenters. The number of carbonyl (C=O) groups excluding carboxylic acids is 3. The van der Waals surface area contributed by atoms with E-state index in [9.17, 15) is 14.4 Å². The highest BCUT2D eigenvalue weighted by Gasteiger charge is 2.18. The van der Waals surface area contributed by atoms with Crippen LogP contribution in [0.3, 0.4) is 0 Å². The lowest BCUT2D eigenvalue weighted by atomic mass is 9.87. The summed E-state index contributed by atoms with van der Waals surface area (Å²) in [6.45, 7) is 10.8. The molecule has 0 radical (unpaired) electrons. The zero-order valence-corrected chi connectivity index (χ0v) is 19.9. The molecule has 0 spiro atoms. The fourth-order valence-electron chi connectivity index (χ4n) is 3.45. The highest BCUT2D eigenvalue weighted by atomic mass is 16.5. The lowest BCUT2D eigenvalue weighted by molar-refractivity contribution is -0.141. The van der Waals surface area contributed by atoms with Crippen molar-refractivity contribution < 1.29 is 23.9 Å². The van der Waals surface area contributed by atoms with E-state index in [0.29, 0.717) is 17.7 Å². The summed E-state index contributed by atoms with van der Waals surface area (Å²) in [5.74, 6) is -1.30. The second-order valence-corrected chi connectivity index (χ2v) is 8.88. The quantitative estimate of drug-likeness (QED) is 0.345. The average Bonchev–Trinajstić information content (AvgIpc) is 3.03. The Morgan fingerprint density at radius 1 is 1.06 bits per heavy atom. The fourth-order valence-corrected chi connectivity index (χ4v) is 3.45. The van der Waals surface area contributed by atoms with Gasteiger partial charge in [-0.05, 0) is 49.4 Å². The molecule has 0 saturated carbocycles. The van der Waals surface area contributed by atoms with Crippen LogP contribution in [0.2, 0.25) is 0 Å². The molecule has 7 nitrogen and oxygen atoms in total. The number of aromatic nitrogens is 1. The number of hydrogen-bond donors (Lipinski definition) is 1. The van der Waals surface area contributed by atoms with Gasteiger partial charge in [0.25, 0.3) is 5.91 Å². The van der Waals surface area contributed by atoms with Gasteiger partial charge in [-0.3, -0.25) is 14.4 Å². The van der Waals surface area contributed by atoms with Gasteiger partial charge in [0, 0.05) is 42.8 Å². The number of benzene rings is 1. The maximum atomic E-state index is 12.5. The van der Waals surface area contributed by atoms with E-state index < -0.39 is 5.97 Å². The molecule has 1 heterocycles. The van der Waals surface area contributed by atoms with Gasteiger partial charge in [0.2, 0.25) is 5.78 Å². The minimum absolute atomic E-state index is 0.00680. The number of carbonyl (C=O) groups is 3. The summed E-state index contributed by atoms with van der Waals surface area (Å²) in [6.07, 6.45) is 0.841. The number of ether oxygens (including phenoxy) is 2. The first-order chi connectivity index (χ1) is 15.0. The molecule has 0 unspecified atom stereocenters. The van der Waals surface area contributed by atoms with Crippen LogP contribution in [-0.4, -0.2) is 49.1 Å². The fraction of sp³-hybridized carbons (Fsp3) is 0.480. The Labute approximate surface area is 190 Å². The van der Waals surface area contributed by atoms with Gasteiger partial charge >= 0.3 is 5.97 Å². The first-order valence-electron chi connectivity index (χ1n) is 10.8. The van der Waals surface area contributed by atoms with E-state index in [2.05, 4.69) is 30.7 Å². The molecular weight excluding hydrogens is 408 g/mol. The molecule has 1 aromatic carbocycles. The Bertz CT molecular complexity index is 952. The molecule has 1 N–H and O–H groups in total. The zero-order chi connectivity index (χ0) is 23.9. The van der Waals surface area contributed by atoms with Gasteiger partial charge in [0.15, 0.2) is 6.61 Å². The minimum Gasteiger partial charge on any atom is -0.456 e. The molecule has 0 fully saturated rings. The third kappa shape index (κ3) is 6.79. The second-order valence-electron chi connectivity index (χ2n) is 8.88. The van der Waals surface area contributed by atoms with Gasteiger partial charge in [-0.1, -0.05) is 32.9 Å². The smallest absolute Gasteiger partial charge is 0.325 e. The average molecular weight is 443 g/mol. The first-order valence-corrected chi connectivity index (χ1v) is 10.8. The maximum absolute atomic E-state index is 12.5. The number of rotatable bonds is 10. The van der Waals surface area contributed by atoms with Crippen molar-refractivity contribution in [2.75, 3.05) is 26.9 Å². The molecule has 0 saturated heterocycles. The lowest BCUT2D eigenvalue weighted by Gasteiger charge is -2.19.